The Balaban J connectivity index is 1.62. The van der Waals surface area contributed by atoms with Gasteiger partial charge in [-0.2, -0.15) is 0 Å². The fraction of sp³-hybridized carbons (Fsp3) is 0.0741. The summed E-state index contributed by atoms with van der Waals surface area (Å²) in [6.45, 7) is -0.477. The van der Waals surface area contributed by atoms with Gasteiger partial charge >= 0.3 is 0 Å². The first kappa shape index (κ1) is 25.1. The zero-order chi connectivity index (χ0) is 25.5. The number of hydrogen-bond donors (Lipinski definition) is 1. The molecule has 0 bridgehead atoms. The number of methoxy groups -OCH3 is 1. The largest absolute Gasteiger partial charge is 0.497 e. The molecule has 0 heterocycles. The highest BCUT2D eigenvalue weighted by molar-refractivity contribution is 7.92. The minimum absolute atomic E-state index is 0.0239. The number of sulfonamides is 1. The average molecular weight is 523 g/mol. The molecule has 0 aromatic heterocycles. The number of anilines is 2. The molecule has 1 N–H and O–H groups in total. The van der Waals surface area contributed by atoms with Crippen LogP contribution in [0.15, 0.2) is 108 Å². The highest BCUT2D eigenvalue weighted by atomic mass is 35.5. The molecule has 0 aliphatic rings. The van der Waals surface area contributed by atoms with E-state index in [0.717, 1.165) is 4.31 Å². The van der Waals surface area contributed by atoms with Gasteiger partial charge in [-0.15, -0.1) is 0 Å². The number of halogens is 1. The van der Waals surface area contributed by atoms with Gasteiger partial charge in [-0.05, 0) is 66.7 Å². The zero-order valence-corrected chi connectivity index (χ0v) is 20.9. The number of nitrogens with zero attached hydrogens (tertiary/aromatic N) is 1. The number of ether oxygens (including phenoxy) is 2. The Hall–Kier alpha value is -4.01. The number of benzene rings is 4. The van der Waals surface area contributed by atoms with Gasteiger partial charge in [0.05, 0.1) is 23.4 Å². The molecule has 0 saturated heterocycles. The third-order valence-electron chi connectivity index (χ3n) is 5.17. The van der Waals surface area contributed by atoms with Gasteiger partial charge in [0.1, 0.15) is 18.0 Å². The van der Waals surface area contributed by atoms with Crippen molar-refractivity contribution in [2.45, 2.75) is 4.90 Å². The maximum atomic E-state index is 13.5. The Kier molecular flexibility index (Phi) is 7.77. The van der Waals surface area contributed by atoms with Crippen LogP contribution in [0.3, 0.4) is 0 Å². The molecule has 0 atom stereocenters. The van der Waals surface area contributed by atoms with E-state index in [1.54, 1.807) is 72.8 Å². The third-order valence-corrected chi connectivity index (χ3v) is 7.19. The quantitative estimate of drug-likeness (QED) is 0.292. The van der Waals surface area contributed by atoms with Crippen LogP contribution < -0.4 is 19.1 Å². The van der Waals surface area contributed by atoms with Crippen LogP contribution in [0.2, 0.25) is 5.02 Å². The van der Waals surface area contributed by atoms with Gasteiger partial charge < -0.3 is 14.8 Å². The fourth-order valence-electron chi connectivity index (χ4n) is 3.41. The molecule has 0 spiro atoms. The van der Waals surface area contributed by atoms with E-state index in [9.17, 15) is 13.2 Å². The minimum Gasteiger partial charge on any atom is -0.497 e. The van der Waals surface area contributed by atoms with E-state index in [-0.39, 0.29) is 4.90 Å². The van der Waals surface area contributed by atoms with Crippen LogP contribution in [0.1, 0.15) is 0 Å². The third kappa shape index (κ3) is 5.97. The van der Waals surface area contributed by atoms with Crippen LogP contribution in [0, 0.1) is 0 Å². The Morgan fingerprint density at radius 3 is 2.14 bits per heavy atom. The first-order valence-electron chi connectivity index (χ1n) is 10.9. The molecule has 4 aromatic carbocycles. The summed E-state index contributed by atoms with van der Waals surface area (Å²) < 4.78 is 39.2. The lowest BCUT2D eigenvalue weighted by molar-refractivity contribution is -0.114. The van der Waals surface area contributed by atoms with E-state index in [2.05, 4.69) is 5.32 Å². The van der Waals surface area contributed by atoms with Gasteiger partial charge in [-0.25, -0.2) is 8.42 Å². The van der Waals surface area contributed by atoms with Crippen LogP contribution in [0.4, 0.5) is 11.4 Å². The molecular formula is C27H23ClN2O5S. The van der Waals surface area contributed by atoms with Gasteiger partial charge in [-0.3, -0.25) is 9.10 Å². The number of para-hydroxylation sites is 2. The highest BCUT2D eigenvalue weighted by Gasteiger charge is 2.27. The van der Waals surface area contributed by atoms with Crippen LogP contribution in [0.5, 0.6) is 17.2 Å². The number of carbonyl (C=O) groups is 1. The van der Waals surface area contributed by atoms with Crippen molar-refractivity contribution >= 4 is 38.9 Å². The molecule has 36 heavy (non-hydrogen) atoms. The molecule has 184 valence electrons. The molecule has 0 saturated carbocycles. The fourth-order valence-corrected chi connectivity index (χ4v) is 5.00. The summed E-state index contributed by atoms with van der Waals surface area (Å²) in [5.74, 6) is 0.882. The van der Waals surface area contributed by atoms with Crippen molar-refractivity contribution in [2.24, 2.45) is 0 Å². The summed E-state index contributed by atoms with van der Waals surface area (Å²) in [5, 5.41) is 3.12. The van der Waals surface area contributed by atoms with Gasteiger partial charge in [-0.1, -0.05) is 48.0 Å². The van der Waals surface area contributed by atoms with Crippen LogP contribution in [0.25, 0.3) is 0 Å². The highest BCUT2D eigenvalue weighted by Crippen LogP contribution is 2.32. The van der Waals surface area contributed by atoms with E-state index >= 15 is 0 Å². The zero-order valence-electron chi connectivity index (χ0n) is 19.3. The molecule has 0 radical (unpaired) electrons. The number of rotatable bonds is 9. The van der Waals surface area contributed by atoms with Crippen molar-refractivity contribution in [3.8, 4) is 17.2 Å². The second-order valence-electron chi connectivity index (χ2n) is 7.63. The van der Waals surface area contributed by atoms with E-state index in [1.807, 2.05) is 18.2 Å². The summed E-state index contributed by atoms with van der Waals surface area (Å²) in [6, 6.07) is 28.3. The van der Waals surface area contributed by atoms with Crippen LogP contribution in [-0.2, 0) is 14.8 Å². The Labute approximate surface area is 214 Å². The molecule has 7 nitrogen and oxygen atoms in total. The number of amides is 1. The molecule has 4 aromatic rings. The topological polar surface area (TPSA) is 84.9 Å². The molecule has 0 unspecified atom stereocenters. The summed E-state index contributed by atoms with van der Waals surface area (Å²) >= 11 is 6.16. The van der Waals surface area contributed by atoms with Gasteiger partial charge in [0.25, 0.3) is 10.0 Å². The monoisotopic (exact) mass is 522 g/mol. The van der Waals surface area contributed by atoms with Crippen molar-refractivity contribution in [1.82, 2.24) is 0 Å². The lowest BCUT2D eigenvalue weighted by Crippen LogP contribution is -2.38. The summed E-state index contributed by atoms with van der Waals surface area (Å²) in [7, 11) is -2.58. The lowest BCUT2D eigenvalue weighted by Gasteiger charge is -2.24. The van der Waals surface area contributed by atoms with Gasteiger partial charge in [0.15, 0.2) is 5.75 Å². The molecular weight excluding hydrogens is 500 g/mol. The van der Waals surface area contributed by atoms with Crippen molar-refractivity contribution in [1.29, 1.82) is 0 Å². The van der Waals surface area contributed by atoms with E-state index in [1.165, 1.54) is 19.2 Å². The smallest absolute Gasteiger partial charge is 0.264 e. The van der Waals surface area contributed by atoms with Crippen molar-refractivity contribution in [2.75, 3.05) is 23.3 Å². The Morgan fingerprint density at radius 2 is 1.50 bits per heavy atom. The Morgan fingerprint density at radius 1 is 0.861 bits per heavy atom. The first-order chi connectivity index (χ1) is 17.4. The normalized spacial score (nSPS) is 10.9. The molecule has 1 amide bonds. The molecule has 0 aliphatic carbocycles. The summed E-state index contributed by atoms with van der Waals surface area (Å²) in [5.41, 5.74) is 0.654. The summed E-state index contributed by atoms with van der Waals surface area (Å²) in [4.78, 5) is 13.2. The number of hydrogen-bond acceptors (Lipinski definition) is 5. The molecule has 4 rings (SSSR count). The maximum absolute atomic E-state index is 13.5. The number of nitrogens with one attached hydrogen (secondary N) is 1. The van der Waals surface area contributed by atoms with E-state index in [0.29, 0.717) is 33.6 Å². The second-order valence-corrected chi connectivity index (χ2v) is 9.93. The van der Waals surface area contributed by atoms with Crippen molar-refractivity contribution in [3.63, 3.8) is 0 Å². The van der Waals surface area contributed by atoms with Crippen LogP contribution >= 0.6 is 11.6 Å². The minimum atomic E-state index is -4.07. The first-order valence-corrected chi connectivity index (χ1v) is 12.7. The van der Waals surface area contributed by atoms with Crippen molar-refractivity contribution < 1.29 is 22.7 Å². The predicted molar refractivity (Wildman–Crippen MR) is 141 cm³/mol. The standard InChI is InChI=1S/C27H23ClN2O5S/c1-34-22-13-15-24(16-14-22)36(32,33)30(21-8-4-2-5-9-21)19-27(31)29-25-18-20(28)12-17-26(25)35-23-10-6-3-7-11-23/h2-18H,19H2,1H3,(H,29,31). The number of carbonyl (C=O) groups excluding carboxylic acids is 1. The lowest BCUT2D eigenvalue weighted by atomic mass is 10.2. The van der Waals surface area contributed by atoms with Gasteiger partial charge in [0, 0.05) is 5.02 Å². The van der Waals surface area contributed by atoms with Crippen molar-refractivity contribution in [3.05, 3.63) is 108 Å². The molecule has 0 fully saturated rings. The molecule has 0 aliphatic heterocycles. The molecule has 9 heteroatoms. The van der Waals surface area contributed by atoms with E-state index in [4.69, 9.17) is 21.1 Å². The van der Waals surface area contributed by atoms with E-state index < -0.39 is 22.5 Å². The maximum Gasteiger partial charge on any atom is 0.264 e. The Bertz CT molecular complexity index is 1430. The van der Waals surface area contributed by atoms with Gasteiger partial charge in [0.2, 0.25) is 5.91 Å². The second kappa shape index (κ2) is 11.2. The van der Waals surface area contributed by atoms with Crippen LogP contribution in [-0.4, -0.2) is 28.0 Å². The average Bonchev–Trinajstić information content (AvgIpc) is 2.90. The summed E-state index contributed by atoms with van der Waals surface area (Å²) in [6.07, 6.45) is 0. The SMILES string of the molecule is COc1ccc(S(=O)(=O)N(CC(=O)Nc2cc(Cl)ccc2Oc2ccccc2)c2ccccc2)cc1. The predicted octanol–water partition coefficient (Wildman–Crippen LogP) is 5.97.